The maximum absolute atomic E-state index is 13.7. The lowest BCUT2D eigenvalue weighted by molar-refractivity contribution is -0.0237. The third kappa shape index (κ3) is 2.47. The molecule has 0 radical (unpaired) electrons. The van der Waals surface area contributed by atoms with Crippen LogP contribution in [0.4, 0.5) is 8.78 Å². The van der Waals surface area contributed by atoms with Crippen molar-refractivity contribution in [3.63, 3.8) is 0 Å². The van der Waals surface area contributed by atoms with Gasteiger partial charge in [0.2, 0.25) is 0 Å². The molecule has 5 nitrogen and oxygen atoms in total. The van der Waals surface area contributed by atoms with E-state index in [4.69, 9.17) is 14.9 Å². The lowest BCUT2D eigenvalue weighted by Crippen LogP contribution is -2.32. The van der Waals surface area contributed by atoms with E-state index in [0.29, 0.717) is 6.07 Å². The molecular weight excluding hydrogens is 262 g/mol. The van der Waals surface area contributed by atoms with E-state index in [0.717, 1.165) is 6.07 Å². The highest BCUT2D eigenvalue weighted by Crippen LogP contribution is 2.35. The highest BCUT2D eigenvalue weighted by Gasteiger charge is 2.44. The second kappa shape index (κ2) is 5.48. The zero-order valence-electron chi connectivity index (χ0n) is 9.83. The van der Waals surface area contributed by atoms with Gasteiger partial charge < -0.3 is 25.2 Å². The lowest BCUT2D eigenvalue weighted by atomic mass is 9.99. The van der Waals surface area contributed by atoms with Crippen LogP contribution in [0.3, 0.4) is 0 Å². The first kappa shape index (κ1) is 14.3. The molecule has 0 amide bonds. The number of hydrogen-bond donors (Lipinski definition) is 4. The third-order valence-electron chi connectivity index (χ3n) is 3.18. The summed E-state index contributed by atoms with van der Waals surface area (Å²) in [5, 5.41) is 37.2. The Morgan fingerprint density at radius 2 is 1.74 bits per heavy atom. The van der Waals surface area contributed by atoms with Gasteiger partial charge in [-0.3, -0.25) is 0 Å². The molecule has 1 aliphatic heterocycles. The van der Waals surface area contributed by atoms with Crippen molar-refractivity contribution in [2.75, 3.05) is 6.61 Å². The highest BCUT2D eigenvalue weighted by molar-refractivity contribution is 5.29. The first-order valence-electron chi connectivity index (χ1n) is 5.70. The fourth-order valence-corrected chi connectivity index (χ4v) is 2.11. The summed E-state index contributed by atoms with van der Waals surface area (Å²) in [6.07, 6.45) is -5.07. The fourth-order valence-electron chi connectivity index (χ4n) is 2.11. The van der Waals surface area contributed by atoms with Crippen LogP contribution in [0, 0.1) is 11.6 Å². The Hall–Kier alpha value is -1.12. The Balaban J connectivity index is 2.37. The molecule has 1 fully saturated rings. The van der Waals surface area contributed by atoms with Crippen molar-refractivity contribution in [3.8, 4) is 0 Å². The minimum absolute atomic E-state index is 0.144. The van der Waals surface area contributed by atoms with E-state index in [2.05, 4.69) is 0 Å². The van der Waals surface area contributed by atoms with Crippen LogP contribution >= 0.6 is 0 Å². The zero-order valence-corrected chi connectivity index (χ0v) is 9.83. The molecule has 1 aromatic carbocycles. The third-order valence-corrected chi connectivity index (χ3v) is 3.18. The molecule has 7 heteroatoms. The van der Waals surface area contributed by atoms with Crippen molar-refractivity contribution in [2.45, 2.75) is 31.0 Å². The maximum atomic E-state index is 13.7. The first-order valence-corrected chi connectivity index (χ1v) is 5.70. The van der Waals surface area contributed by atoms with E-state index in [1.54, 1.807) is 0 Å². The molecule has 1 saturated heterocycles. The van der Waals surface area contributed by atoms with Gasteiger partial charge in [0.05, 0.1) is 13.2 Å². The standard InChI is InChI=1S/C12H14F2O5/c13-7-2-8(14)6(1-5(7)3-15)12-11(18)10(17)9(4-16)19-12/h1-2,9-12,15-18H,3-4H2/t9-,10+,11?,12+/m1/s1. The van der Waals surface area contributed by atoms with Crippen molar-refractivity contribution >= 4 is 0 Å². The quantitative estimate of drug-likeness (QED) is 0.604. The van der Waals surface area contributed by atoms with Gasteiger partial charge in [-0.2, -0.15) is 0 Å². The van der Waals surface area contributed by atoms with E-state index in [1.807, 2.05) is 0 Å². The minimum Gasteiger partial charge on any atom is -0.394 e. The predicted octanol–water partition coefficient (Wildman–Crippen LogP) is -0.389. The Bertz CT molecular complexity index is 468. The van der Waals surface area contributed by atoms with Crippen molar-refractivity contribution in [1.82, 2.24) is 0 Å². The maximum Gasteiger partial charge on any atom is 0.132 e. The summed E-state index contributed by atoms with van der Waals surface area (Å²) in [6, 6.07) is 1.61. The molecule has 1 unspecified atom stereocenters. The lowest BCUT2D eigenvalue weighted by Gasteiger charge is -2.17. The zero-order chi connectivity index (χ0) is 14.2. The second-order valence-corrected chi connectivity index (χ2v) is 4.38. The number of hydrogen-bond acceptors (Lipinski definition) is 5. The van der Waals surface area contributed by atoms with E-state index in [-0.39, 0.29) is 11.1 Å². The average molecular weight is 276 g/mol. The van der Waals surface area contributed by atoms with Gasteiger partial charge in [0.15, 0.2) is 0 Å². The van der Waals surface area contributed by atoms with Gasteiger partial charge >= 0.3 is 0 Å². The molecule has 1 heterocycles. The number of benzene rings is 1. The monoisotopic (exact) mass is 276 g/mol. The molecule has 0 spiro atoms. The normalized spacial score (nSPS) is 30.8. The Morgan fingerprint density at radius 1 is 1.05 bits per heavy atom. The highest BCUT2D eigenvalue weighted by atomic mass is 19.1. The summed E-state index contributed by atoms with van der Waals surface area (Å²) < 4.78 is 32.1. The molecule has 19 heavy (non-hydrogen) atoms. The van der Waals surface area contributed by atoms with Crippen LogP contribution in [-0.4, -0.2) is 45.3 Å². The van der Waals surface area contributed by atoms with Crippen LogP contribution in [0.2, 0.25) is 0 Å². The molecule has 0 bridgehead atoms. The van der Waals surface area contributed by atoms with E-state index in [9.17, 15) is 19.0 Å². The van der Waals surface area contributed by atoms with Crippen molar-refractivity contribution in [1.29, 1.82) is 0 Å². The van der Waals surface area contributed by atoms with Crippen LogP contribution < -0.4 is 0 Å². The fraction of sp³-hybridized carbons (Fsp3) is 0.500. The molecule has 1 aliphatic rings. The molecule has 2 rings (SSSR count). The van der Waals surface area contributed by atoms with Gasteiger partial charge in [-0.05, 0) is 6.07 Å². The average Bonchev–Trinajstić information content (AvgIpc) is 2.67. The Labute approximate surface area is 107 Å². The van der Waals surface area contributed by atoms with Crippen molar-refractivity contribution < 1.29 is 33.9 Å². The summed E-state index contributed by atoms with van der Waals surface area (Å²) in [6.45, 7) is -1.17. The number of ether oxygens (including phenoxy) is 1. The first-order chi connectivity index (χ1) is 8.99. The minimum atomic E-state index is -1.44. The summed E-state index contributed by atoms with van der Waals surface area (Å²) in [7, 11) is 0. The van der Waals surface area contributed by atoms with Gasteiger partial charge in [-0.25, -0.2) is 8.78 Å². The van der Waals surface area contributed by atoms with Crippen LogP contribution in [0.5, 0.6) is 0 Å². The van der Waals surface area contributed by atoms with E-state index in [1.165, 1.54) is 0 Å². The van der Waals surface area contributed by atoms with E-state index >= 15 is 0 Å². The molecule has 0 aromatic heterocycles. The van der Waals surface area contributed by atoms with Crippen LogP contribution in [-0.2, 0) is 11.3 Å². The molecule has 0 aliphatic carbocycles. The van der Waals surface area contributed by atoms with Crippen LogP contribution in [0.25, 0.3) is 0 Å². The Morgan fingerprint density at radius 3 is 2.26 bits per heavy atom. The summed E-state index contributed by atoms with van der Waals surface area (Å²) in [5.41, 5.74) is -0.318. The topological polar surface area (TPSA) is 90.2 Å². The largest absolute Gasteiger partial charge is 0.394 e. The van der Waals surface area contributed by atoms with Crippen molar-refractivity contribution in [3.05, 3.63) is 34.9 Å². The van der Waals surface area contributed by atoms with Gasteiger partial charge in [0.1, 0.15) is 36.1 Å². The second-order valence-electron chi connectivity index (χ2n) is 4.38. The number of rotatable bonds is 3. The molecule has 4 atom stereocenters. The number of halogens is 2. The molecule has 0 saturated carbocycles. The predicted molar refractivity (Wildman–Crippen MR) is 59.0 cm³/mol. The van der Waals surface area contributed by atoms with Gasteiger partial charge in [0, 0.05) is 17.2 Å². The van der Waals surface area contributed by atoms with Gasteiger partial charge in [-0.1, -0.05) is 0 Å². The SMILES string of the molecule is OCc1cc([C@@H]2O[C@H](CO)[C@H](O)C2O)c(F)cc1F. The number of aliphatic hydroxyl groups excluding tert-OH is 4. The smallest absolute Gasteiger partial charge is 0.132 e. The summed E-state index contributed by atoms with van der Waals surface area (Å²) in [4.78, 5) is 0. The molecule has 1 aromatic rings. The summed E-state index contributed by atoms with van der Waals surface area (Å²) in [5.74, 6) is -1.86. The van der Waals surface area contributed by atoms with E-state index < -0.39 is 49.3 Å². The van der Waals surface area contributed by atoms with Gasteiger partial charge in [0.25, 0.3) is 0 Å². The molecular formula is C12H14F2O5. The van der Waals surface area contributed by atoms with Gasteiger partial charge in [-0.15, -0.1) is 0 Å². The molecule has 106 valence electrons. The van der Waals surface area contributed by atoms with Crippen molar-refractivity contribution in [2.24, 2.45) is 0 Å². The Kier molecular flexibility index (Phi) is 4.12. The van der Waals surface area contributed by atoms with Crippen LogP contribution in [0.15, 0.2) is 12.1 Å². The molecule has 4 N–H and O–H groups in total. The summed E-state index contributed by atoms with van der Waals surface area (Å²) >= 11 is 0. The van der Waals surface area contributed by atoms with Crippen LogP contribution in [0.1, 0.15) is 17.2 Å². The number of aliphatic hydroxyl groups is 4.